The van der Waals surface area contributed by atoms with Crippen LogP contribution in [0.3, 0.4) is 0 Å². The molecule has 0 saturated carbocycles. The van der Waals surface area contributed by atoms with Crippen LogP contribution in [-0.2, 0) is 9.05 Å². The Balaban J connectivity index is 2.19. The summed E-state index contributed by atoms with van der Waals surface area (Å²) in [6.07, 6.45) is 0. The third kappa shape index (κ3) is 4.35. The Labute approximate surface area is 33.4 Å². The molecule has 0 unspecified atom stereocenters. The lowest BCUT2D eigenvalue weighted by molar-refractivity contribution is 0.362. The number of hydrogen-bond donors (Lipinski definition) is 0. The molecule has 0 aliphatic heterocycles. The highest BCUT2D eigenvalue weighted by molar-refractivity contribution is 7.26. The molecule has 0 amide bonds. The predicted molar refractivity (Wildman–Crippen MR) is 20.9 cm³/mol. The molecule has 0 N–H and O–H groups in total. The molecular formula is C2H6O2P. The van der Waals surface area contributed by atoms with Gasteiger partial charge in [-0.15, -0.1) is 0 Å². The van der Waals surface area contributed by atoms with Crippen molar-refractivity contribution >= 4 is 9.03 Å². The molecule has 1 radical (unpaired) electrons. The van der Waals surface area contributed by atoms with E-state index < -0.39 is 0 Å². The van der Waals surface area contributed by atoms with Crippen molar-refractivity contribution in [3.05, 3.63) is 0 Å². The third-order valence-corrected chi connectivity index (χ3v) is 0.447. The van der Waals surface area contributed by atoms with Crippen LogP contribution in [0.1, 0.15) is 0 Å². The van der Waals surface area contributed by atoms with Crippen LogP contribution in [0.25, 0.3) is 0 Å². The van der Waals surface area contributed by atoms with Crippen molar-refractivity contribution < 1.29 is 9.05 Å². The molecule has 0 aromatic carbocycles. The van der Waals surface area contributed by atoms with E-state index in [4.69, 9.17) is 0 Å². The molecule has 0 aliphatic rings. The van der Waals surface area contributed by atoms with Crippen LogP contribution in [-0.4, -0.2) is 14.2 Å². The second-order valence-corrected chi connectivity index (χ2v) is 1.32. The molecular weight excluding hydrogens is 87.0 g/mol. The zero-order chi connectivity index (χ0) is 4.12. The Kier molecular flexibility index (Phi) is 4.65. The summed E-state index contributed by atoms with van der Waals surface area (Å²) in [6, 6.07) is 0. The molecule has 0 saturated heterocycles. The first-order valence-corrected chi connectivity index (χ1v) is 1.91. The first-order valence-electron chi connectivity index (χ1n) is 1.18. The molecule has 5 heavy (non-hydrogen) atoms. The summed E-state index contributed by atoms with van der Waals surface area (Å²) in [6.45, 7) is 0. The summed E-state index contributed by atoms with van der Waals surface area (Å²) in [4.78, 5) is 0. The van der Waals surface area contributed by atoms with Crippen molar-refractivity contribution in [3.8, 4) is 0 Å². The maximum absolute atomic E-state index is 4.44. The van der Waals surface area contributed by atoms with E-state index in [0.29, 0.717) is 9.03 Å². The van der Waals surface area contributed by atoms with E-state index in [2.05, 4.69) is 9.05 Å². The van der Waals surface area contributed by atoms with E-state index in [1.165, 1.54) is 0 Å². The summed E-state index contributed by atoms with van der Waals surface area (Å²) in [5.41, 5.74) is 0. The molecule has 0 aromatic heterocycles. The quantitative estimate of drug-likeness (QED) is 0.475. The molecule has 0 fully saturated rings. The third-order valence-electron chi connectivity index (χ3n) is 0.149. The smallest absolute Gasteiger partial charge is 0.255 e. The van der Waals surface area contributed by atoms with E-state index >= 15 is 0 Å². The topological polar surface area (TPSA) is 18.5 Å². The first-order chi connectivity index (χ1) is 2.41. The zero-order valence-electron chi connectivity index (χ0n) is 3.26. The maximum Gasteiger partial charge on any atom is 0.255 e. The average molecular weight is 93.0 g/mol. The summed E-state index contributed by atoms with van der Waals surface area (Å²) in [7, 11) is 3.73. The monoisotopic (exact) mass is 93.0 g/mol. The van der Waals surface area contributed by atoms with E-state index in [1.807, 2.05) is 0 Å². The number of hydrogen-bond acceptors (Lipinski definition) is 2. The highest BCUT2D eigenvalue weighted by atomic mass is 31.1. The minimum absolute atomic E-state index is 0.580. The van der Waals surface area contributed by atoms with Crippen molar-refractivity contribution in [3.63, 3.8) is 0 Å². The molecule has 2 nitrogen and oxygen atoms in total. The second-order valence-electron chi connectivity index (χ2n) is 0.440. The van der Waals surface area contributed by atoms with Crippen molar-refractivity contribution in [2.75, 3.05) is 14.2 Å². The SMILES string of the molecule is CO[P]OC. The van der Waals surface area contributed by atoms with Gasteiger partial charge in [-0.2, -0.15) is 0 Å². The molecule has 0 bridgehead atoms. The minimum atomic E-state index is 0.580. The summed E-state index contributed by atoms with van der Waals surface area (Å²) >= 11 is 0. The lowest BCUT2D eigenvalue weighted by atomic mass is 11.8. The van der Waals surface area contributed by atoms with Gasteiger partial charge in [-0.1, -0.05) is 0 Å². The fourth-order valence-corrected chi connectivity index (χ4v) is 0.224. The lowest BCUT2D eigenvalue weighted by Crippen LogP contribution is -1.60. The summed E-state index contributed by atoms with van der Waals surface area (Å²) in [5, 5.41) is 0. The van der Waals surface area contributed by atoms with Crippen molar-refractivity contribution in [1.82, 2.24) is 0 Å². The molecule has 0 aliphatic carbocycles. The van der Waals surface area contributed by atoms with Crippen LogP contribution in [0.4, 0.5) is 0 Å². The van der Waals surface area contributed by atoms with E-state index in [-0.39, 0.29) is 0 Å². The average Bonchev–Trinajstić information content (AvgIpc) is 1.41. The first kappa shape index (κ1) is 5.35. The van der Waals surface area contributed by atoms with Gasteiger partial charge in [-0.3, -0.25) is 0 Å². The van der Waals surface area contributed by atoms with Gasteiger partial charge >= 0.3 is 0 Å². The largest absolute Gasteiger partial charge is 0.331 e. The molecule has 0 aromatic rings. The van der Waals surface area contributed by atoms with Crippen LogP contribution >= 0.6 is 9.03 Å². The van der Waals surface area contributed by atoms with Gasteiger partial charge in [0.25, 0.3) is 9.03 Å². The lowest BCUT2D eigenvalue weighted by Gasteiger charge is -1.83. The molecule has 0 atom stereocenters. The van der Waals surface area contributed by atoms with Crippen LogP contribution < -0.4 is 0 Å². The molecule has 0 rings (SSSR count). The Morgan fingerprint density at radius 3 is 1.60 bits per heavy atom. The zero-order valence-corrected chi connectivity index (χ0v) is 4.16. The molecule has 0 spiro atoms. The van der Waals surface area contributed by atoms with Crippen LogP contribution in [0.2, 0.25) is 0 Å². The van der Waals surface area contributed by atoms with Crippen molar-refractivity contribution in [2.45, 2.75) is 0 Å². The van der Waals surface area contributed by atoms with Crippen LogP contribution in [0.15, 0.2) is 0 Å². The Hall–Kier alpha value is 0.350. The van der Waals surface area contributed by atoms with Gasteiger partial charge in [0.2, 0.25) is 0 Å². The van der Waals surface area contributed by atoms with E-state index in [1.54, 1.807) is 14.2 Å². The van der Waals surface area contributed by atoms with E-state index in [0.717, 1.165) is 0 Å². The second kappa shape index (κ2) is 4.35. The summed E-state index contributed by atoms with van der Waals surface area (Å²) < 4.78 is 8.88. The highest BCUT2D eigenvalue weighted by Crippen LogP contribution is 2.05. The molecule has 0 heterocycles. The van der Waals surface area contributed by atoms with Gasteiger partial charge in [-0.05, 0) is 0 Å². The Bertz CT molecular complexity index is 15.1. The van der Waals surface area contributed by atoms with Gasteiger partial charge in [0.15, 0.2) is 0 Å². The van der Waals surface area contributed by atoms with E-state index in [9.17, 15) is 0 Å². The highest BCUT2D eigenvalue weighted by Gasteiger charge is 1.68. The van der Waals surface area contributed by atoms with Gasteiger partial charge in [0.1, 0.15) is 0 Å². The van der Waals surface area contributed by atoms with Crippen molar-refractivity contribution in [2.24, 2.45) is 0 Å². The van der Waals surface area contributed by atoms with Gasteiger partial charge in [0, 0.05) is 14.2 Å². The number of rotatable bonds is 2. The Morgan fingerprint density at radius 1 is 1.20 bits per heavy atom. The summed E-state index contributed by atoms with van der Waals surface area (Å²) in [5.74, 6) is 0. The van der Waals surface area contributed by atoms with Crippen molar-refractivity contribution in [1.29, 1.82) is 0 Å². The fraction of sp³-hybridized carbons (Fsp3) is 1.00. The molecule has 3 heteroatoms. The van der Waals surface area contributed by atoms with Crippen LogP contribution in [0.5, 0.6) is 0 Å². The van der Waals surface area contributed by atoms with Gasteiger partial charge in [-0.25, -0.2) is 0 Å². The van der Waals surface area contributed by atoms with Crippen LogP contribution in [0, 0.1) is 0 Å². The maximum atomic E-state index is 4.44. The normalized spacial score (nSPS) is 8.40. The molecule has 31 valence electrons. The standard InChI is InChI=1S/C2H6O2P/c1-3-5-4-2/h1-2H3. The van der Waals surface area contributed by atoms with Gasteiger partial charge < -0.3 is 9.05 Å². The Morgan fingerprint density at radius 2 is 1.60 bits per heavy atom. The van der Waals surface area contributed by atoms with Gasteiger partial charge in [0.05, 0.1) is 0 Å². The fourth-order valence-electron chi connectivity index (χ4n) is 0.0745. The minimum Gasteiger partial charge on any atom is -0.331 e. The predicted octanol–water partition coefficient (Wildman–Crippen LogP) is 1.06.